The van der Waals surface area contributed by atoms with Crippen LogP contribution in [0.3, 0.4) is 0 Å². The molecule has 0 saturated carbocycles. The van der Waals surface area contributed by atoms with Crippen LogP contribution in [0.25, 0.3) is 0 Å². The number of aryl methyl sites for hydroxylation is 2. The zero-order valence-electron chi connectivity index (χ0n) is 14.4. The molecule has 1 fully saturated rings. The smallest absolute Gasteiger partial charge is 0.242 e. The number of fused-ring (bicyclic) bond motifs is 2. The topological polar surface area (TPSA) is 47.3 Å². The van der Waals surface area contributed by atoms with Crippen LogP contribution in [0, 0.1) is 11.5 Å². The van der Waals surface area contributed by atoms with Crippen LogP contribution < -0.4 is 0 Å². The molecule has 25 heavy (non-hydrogen) atoms. The van der Waals surface area contributed by atoms with Gasteiger partial charge in [-0.1, -0.05) is 48.5 Å². The average Bonchev–Trinajstić information content (AvgIpc) is 2.80. The van der Waals surface area contributed by atoms with Gasteiger partial charge in [0.25, 0.3) is 0 Å². The van der Waals surface area contributed by atoms with Gasteiger partial charge in [0.05, 0.1) is 6.04 Å². The molecule has 1 aliphatic carbocycles. The normalized spacial score (nSPS) is 20.5. The van der Waals surface area contributed by atoms with Crippen molar-refractivity contribution in [3.8, 4) is 6.19 Å². The second-order valence-corrected chi connectivity index (χ2v) is 6.94. The minimum atomic E-state index is -0.0342. The summed E-state index contributed by atoms with van der Waals surface area (Å²) in [5.41, 5.74) is 5.28. The highest BCUT2D eigenvalue weighted by atomic mass is 16.2. The van der Waals surface area contributed by atoms with Crippen molar-refractivity contribution < 1.29 is 4.79 Å². The summed E-state index contributed by atoms with van der Waals surface area (Å²) in [6, 6.07) is 17.1. The third-order valence-corrected chi connectivity index (χ3v) is 5.55. The maximum absolute atomic E-state index is 12.1. The molecule has 2 aliphatic rings. The molecular weight excluding hydrogens is 310 g/mol. The van der Waals surface area contributed by atoms with E-state index in [0.717, 1.165) is 12.8 Å². The highest BCUT2D eigenvalue weighted by Gasteiger charge is 2.38. The van der Waals surface area contributed by atoms with Gasteiger partial charge in [-0.15, -0.1) is 0 Å². The SMILES string of the molecule is CN1C[C@H](C2c3ccccc3CCc3ccccc32)N(C#N)CC1=O. The second-order valence-electron chi connectivity index (χ2n) is 6.94. The number of piperazine rings is 1. The number of carbonyl (C=O) groups excluding carboxylic acids is 1. The van der Waals surface area contributed by atoms with Crippen LogP contribution in [0.1, 0.15) is 28.2 Å². The minimum Gasteiger partial charge on any atom is -0.342 e. The first-order valence-corrected chi connectivity index (χ1v) is 8.75. The maximum Gasteiger partial charge on any atom is 0.242 e. The lowest BCUT2D eigenvalue weighted by molar-refractivity contribution is -0.135. The Balaban J connectivity index is 1.88. The Hall–Kier alpha value is -2.80. The Morgan fingerprint density at radius 2 is 1.56 bits per heavy atom. The Morgan fingerprint density at radius 3 is 2.12 bits per heavy atom. The van der Waals surface area contributed by atoms with E-state index in [2.05, 4.69) is 54.7 Å². The average molecular weight is 331 g/mol. The third kappa shape index (κ3) is 2.66. The van der Waals surface area contributed by atoms with Gasteiger partial charge in [0, 0.05) is 19.5 Å². The minimum absolute atomic E-state index is 0.00740. The summed E-state index contributed by atoms with van der Waals surface area (Å²) < 4.78 is 0. The Bertz CT molecular complexity index is 807. The largest absolute Gasteiger partial charge is 0.342 e. The monoisotopic (exact) mass is 331 g/mol. The van der Waals surface area contributed by atoms with Gasteiger partial charge in [-0.3, -0.25) is 9.69 Å². The second kappa shape index (κ2) is 6.25. The molecule has 0 N–H and O–H groups in total. The molecule has 1 saturated heterocycles. The number of nitriles is 1. The number of nitrogens with zero attached hydrogens (tertiary/aromatic N) is 3. The highest BCUT2D eigenvalue weighted by Crippen LogP contribution is 2.39. The molecule has 4 heteroatoms. The van der Waals surface area contributed by atoms with Gasteiger partial charge in [-0.2, -0.15) is 5.26 Å². The van der Waals surface area contributed by atoms with Crippen LogP contribution in [0.15, 0.2) is 48.5 Å². The van der Waals surface area contributed by atoms with Crippen molar-refractivity contribution in [1.82, 2.24) is 9.80 Å². The van der Waals surface area contributed by atoms with Crippen LogP contribution in [-0.4, -0.2) is 41.9 Å². The fourth-order valence-corrected chi connectivity index (χ4v) is 4.24. The number of hydrogen-bond donors (Lipinski definition) is 0. The van der Waals surface area contributed by atoms with E-state index in [4.69, 9.17) is 0 Å². The van der Waals surface area contributed by atoms with E-state index < -0.39 is 0 Å². The standard InChI is InChI=1S/C21H21N3O/c1-23-12-19(24(14-22)13-20(23)25)21-17-8-4-2-6-15(17)10-11-16-7-3-5-9-18(16)21/h2-9,19,21H,10-13H2,1H3/t19-/m1/s1. The number of hydrogen-bond acceptors (Lipinski definition) is 3. The fourth-order valence-electron chi connectivity index (χ4n) is 4.24. The van der Waals surface area contributed by atoms with E-state index >= 15 is 0 Å². The van der Waals surface area contributed by atoms with Crippen LogP contribution in [0.2, 0.25) is 0 Å². The van der Waals surface area contributed by atoms with Crippen molar-refractivity contribution in [3.63, 3.8) is 0 Å². The van der Waals surface area contributed by atoms with Gasteiger partial charge in [-0.25, -0.2) is 0 Å². The Kier molecular flexibility index (Phi) is 3.93. The molecule has 2 aromatic carbocycles. The highest BCUT2D eigenvalue weighted by molar-refractivity contribution is 5.79. The molecule has 0 aromatic heterocycles. The molecule has 4 rings (SSSR count). The molecule has 2 aromatic rings. The molecule has 1 atom stereocenters. The van der Waals surface area contributed by atoms with Crippen LogP contribution in [-0.2, 0) is 17.6 Å². The summed E-state index contributed by atoms with van der Waals surface area (Å²) in [7, 11) is 1.83. The lowest BCUT2D eigenvalue weighted by Crippen LogP contribution is -2.55. The Morgan fingerprint density at radius 1 is 1.00 bits per heavy atom. The quantitative estimate of drug-likeness (QED) is 0.755. The molecule has 0 bridgehead atoms. The molecule has 0 spiro atoms. The predicted molar refractivity (Wildman–Crippen MR) is 95.9 cm³/mol. The van der Waals surface area contributed by atoms with Crippen molar-refractivity contribution in [1.29, 1.82) is 5.26 Å². The van der Waals surface area contributed by atoms with Crippen molar-refractivity contribution in [2.45, 2.75) is 24.8 Å². The van der Waals surface area contributed by atoms with Gasteiger partial charge in [-0.05, 0) is 35.1 Å². The van der Waals surface area contributed by atoms with Gasteiger partial charge < -0.3 is 4.90 Å². The molecule has 1 heterocycles. The summed E-state index contributed by atoms with van der Waals surface area (Å²) in [5.74, 6) is 0.109. The van der Waals surface area contributed by atoms with E-state index in [1.807, 2.05) is 7.05 Å². The molecule has 1 aliphatic heterocycles. The number of amides is 1. The summed E-state index contributed by atoms with van der Waals surface area (Å²) >= 11 is 0. The van der Waals surface area contributed by atoms with E-state index in [1.165, 1.54) is 22.3 Å². The summed E-state index contributed by atoms with van der Waals surface area (Å²) in [6.45, 7) is 0.734. The molecule has 1 amide bonds. The van der Waals surface area contributed by atoms with E-state index in [0.29, 0.717) is 6.54 Å². The maximum atomic E-state index is 12.1. The first kappa shape index (κ1) is 15.7. The van der Waals surface area contributed by atoms with Crippen LogP contribution >= 0.6 is 0 Å². The summed E-state index contributed by atoms with van der Waals surface area (Å²) in [4.78, 5) is 15.5. The third-order valence-electron chi connectivity index (χ3n) is 5.55. The van der Waals surface area contributed by atoms with Crippen molar-refractivity contribution >= 4 is 5.91 Å². The van der Waals surface area contributed by atoms with Crippen molar-refractivity contribution in [3.05, 3.63) is 70.8 Å². The van der Waals surface area contributed by atoms with E-state index in [9.17, 15) is 10.1 Å². The van der Waals surface area contributed by atoms with Gasteiger partial charge in [0.2, 0.25) is 5.91 Å². The Labute approximate surface area is 148 Å². The molecular formula is C21H21N3O. The van der Waals surface area contributed by atoms with Crippen LogP contribution in [0.4, 0.5) is 0 Å². The first-order chi connectivity index (χ1) is 12.2. The zero-order chi connectivity index (χ0) is 17.4. The molecule has 0 radical (unpaired) electrons. The number of carbonyl (C=O) groups is 1. The zero-order valence-corrected chi connectivity index (χ0v) is 14.4. The molecule has 126 valence electrons. The lowest BCUT2D eigenvalue weighted by atomic mass is 9.81. The number of benzene rings is 2. The van der Waals surface area contributed by atoms with Crippen LogP contribution in [0.5, 0.6) is 0 Å². The number of rotatable bonds is 1. The summed E-state index contributed by atoms with van der Waals surface area (Å²) in [5, 5.41) is 9.67. The lowest BCUT2D eigenvalue weighted by Gasteiger charge is -2.41. The van der Waals surface area contributed by atoms with Crippen molar-refractivity contribution in [2.24, 2.45) is 0 Å². The van der Waals surface area contributed by atoms with E-state index in [-0.39, 0.29) is 24.4 Å². The van der Waals surface area contributed by atoms with E-state index in [1.54, 1.807) is 9.80 Å². The predicted octanol–water partition coefficient (Wildman–Crippen LogP) is 2.54. The van der Waals surface area contributed by atoms with Gasteiger partial charge in [0.1, 0.15) is 6.54 Å². The first-order valence-electron chi connectivity index (χ1n) is 8.75. The number of likely N-dealkylation sites (N-methyl/N-ethyl adjacent to an activating group) is 1. The fraction of sp³-hybridized carbons (Fsp3) is 0.333. The summed E-state index contributed by atoms with van der Waals surface area (Å²) in [6.07, 6.45) is 4.29. The van der Waals surface area contributed by atoms with Gasteiger partial charge >= 0.3 is 0 Å². The van der Waals surface area contributed by atoms with Gasteiger partial charge in [0.15, 0.2) is 6.19 Å². The molecule has 0 unspecified atom stereocenters. The van der Waals surface area contributed by atoms with Crippen molar-refractivity contribution in [2.75, 3.05) is 20.1 Å². The molecule has 4 nitrogen and oxygen atoms in total.